The third-order valence-electron chi connectivity index (χ3n) is 5.72. The second kappa shape index (κ2) is 4.40. The molecule has 0 saturated heterocycles. The molecule has 4 bridgehead atoms. The van der Waals surface area contributed by atoms with Gasteiger partial charge in [-0.25, -0.2) is 0 Å². The van der Waals surface area contributed by atoms with Gasteiger partial charge in [0.1, 0.15) is 5.38 Å². The Morgan fingerprint density at radius 1 is 1.11 bits per heavy atom. The molecule has 4 aliphatic carbocycles. The average Bonchev–Trinajstić information content (AvgIpc) is 2.26. The van der Waals surface area contributed by atoms with Gasteiger partial charge in [-0.2, -0.15) is 0 Å². The number of amides is 1. The molecule has 4 aliphatic rings. The highest BCUT2D eigenvalue weighted by Crippen LogP contribution is 2.61. The molecular weight excluding hydrogens is 246 g/mol. The number of hydrogen-bond donors (Lipinski definition) is 1. The van der Waals surface area contributed by atoms with Gasteiger partial charge in [-0.1, -0.05) is 0 Å². The first-order chi connectivity index (χ1) is 8.48. The molecule has 0 aromatic carbocycles. The quantitative estimate of drug-likeness (QED) is 0.783. The van der Waals surface area contributed by atoms with E-state index in [1.807, 2.05) is 0 Å². The van der Waals surface area contributed by atoms with E-state index in [4.69, 9.17) is 11.6 Å². The maximum Gasteiger partial charge on any atom is 0.237 e. The van der Waals surface area contributed by atoms with E-state index in [1.54, 1.807) is 6.92 Å². The minimum absolute atomic E-state index is 0.0000814. The van der Waals surface area contributed by atoms with E-state index >= 15 is 0 Å². The SMILES string of the molecule is C[C@H](Cl)C(=O)N[C@H](C)C12CC3CC(CC(C3)C1)C2. The zero-order valence-electron chi connectivity index (χ0n) is 11.4. The first-order valence-electron chi connectivity index (χ1n) is 7.43. The maximum atomic E-state index is 11.8. The highest BCUT2D eigenvalue weighted by Gasteiger charge is 2.53. The van der Waals surface area contributed by atoms with E-state index in [2.05, 4.69) is 12.2 Å². The molecular formula is C15H24ClNO. The van der Waals surface area contributed by atoms with Crippen molar-refractivity contribution in [1.29, 1.82) is 0 Å². The van der Waals surface area contributed by atoms with Crippen LogP contribution in [0.25, 0.3) is 0 Å². The molecule has 0 spiro atoms. The third kappa shape index (κ3) is 2.07. The van der Waals surface area contributed by atoms with Crippen LogP contribution in [-0.2, 0) is 4.79 Å². The molecule has 18 heavy (non-hydrogen) atoms. The van der Waals surface area contributed by atoms with Gasteiger partial charge < -0.3 is 5.32 Å². The lowest BCUT2D eigenvalue weighted by Gasteiger charge is -2.59. The topological polar surface area (TPSA) is 29.1 Å². The lowest BCUT2D eigenvalue weighted by Crippen LogP contribution is -2.56. The van der Waals surface area contributed by atoms with Crippen LogP contribution in [0.2, 0.25) is 0 Å². The van der Waals surface area contributed by atoms with Gasteiger partial charge >= 0.3 is 0 Å². The summed E-state index contributed by atoms with van der Waals surface area (Å²) in [5.74, 6) is 2.80. The van der Waals surface area contributed by atoms with Crippen LogP contribution < -0.4 is 5.32 Å². The Labute approximate surface area is 115 Å². The molecule has 2 nitrogen and oxygen atoms in total. The van der Waals surface area contributed by atoms with Crippen LogP contribution in [0.3, 0.4) is 0 Å². The highest BCUT2D eigenvalue weighted by atomic mass is 35.5. The normalized spacial score (nSPS) is 44.7. The van der Waals surface area contributed by atoms with Gasteiger partial charge in [0, 0.05) is 6.04 Å². The third-order valence-corrected chi connectivity index (χ3v) is 5.92. The number of alkyl halides is 1. The van der Waals surface area contributed by atoms with Crippen molar-refractivity contribution in [3.8, 4) is 0 Å². The van der Waals surface area contributed by atoms with Crippen molar-refractivity contribution < 1.29 is 4.79 Å². The Kier molecular flexibility index (Phi) is 3.12. The van der Waals surface area contributed by atoms with E-state index in [0.29, 0.717) is 11.5 Å². The van der Waals surface area contributed by atoms with Crippen LogP contribution in [0.1, 0.15) is 52.4 Å². The van der Waals surface area contributed by atoms with E-state index in [1.165, 1.54) is 38.5 Å². The van der Waals surface area contributed by atoms with Crippen LogP contribution in [0.4, 0.5) is 0 Å². The van der Waals surface area contributed by atoms with Crippen LogP contribution in [0.15, 0.2) is 0 Å². The monoisotopic (exact) mass is 269 g/mol. The summed E-state index contributed by atoms with van der Waals surface area (Å²) in [6.45, 7) is 3.95. The first-order valence-corrected chi connectivity index (χ1v) is 7.86. The Bertz CT molecular complexity index is 317. The molecule has 3 heteroatoms. The molecule has 4 rings (SSSR count). The van der Waals surface area contributed by atoms with Crippen molar-refractivity contribution in [2.24, 2.45) is 23.2 Å². The van der Waals surface area contributed by atoms with E-state index in [0.717, 1.165) is 17.8 Å². The summed E-state index contributed by atoms with van der Waals surface area (Å²) < 4.78 is 0. The molecule has 0 unspecified atom stereocenters. The minimum Gasteiger partial charge on any atom is -0.352 e. The van der Waals surface area contributed by atoms with Gasteiger partial charge in [0.2, 0.25) is 5.91 Å². The molecule has 2 atom stereocenters. The van der Waals surface area contributed by atoms with Gasteiger partial charge in [-0.15, -0.1) is 11.6 Å². The second-order valence-electron chi connectivity index (χ2n) is 7.13. The predicted molar refractivity (Wildman–Crippen MR) is 73.5 cm³/mol. The summed E-state index contributed by atoms with van der Waals surface area (Å²) in [6.07, 6.45) is 8.34. The van der Waals surface area contributed by atoms with Crippen LogP contribution in [0.5, 0.6) is 0 Å². The first kappa shape index (κ1) is 12.8. The van der Waals surface area contributed by atoms with Crippen molar-refractivity contribution in [1.82, 2.24) is 5.32 Å². The lowest BCUT2D eigenvalue weighted by atomic mass is 9.48. The van der Waals surface area contributed by atoms with Crippen LogP contribution >= 0.6 is 11.6 Å². The molecule has 1 amide bonds. The van der Waals surface area contributed by atoms with Crippen molar-refractivity contribution >= 4 is 17.5 Å². The fourth-order valence-electron chi connectivity index (χ4n) is 5.19. The molecule has 0 aromatic heterocycles. The highest BCUT2D eigenvalue weighted by molar-refractivity contribution is 6.30. The van der Waals surface area contributed by atoms with Crippen molar-refractivity contribution in [2.45, 2.75) is 63.8 Å². The standard InChI is InChI=1S/C15H24ClNO/c1-9(16)14(18)17-10(2)15-6-11-3-12(7-15)5-13(4-11)8-15/h9-13H,3-8H2,1-2H3,(H,17,18)/t9-,10+,11?,12?,13?,15?/m0/s1. The molecule has 1 N–H and O–H groups in total. The Balaban J connectivity index is 1.73. The van der Waals surface area contributed by atoms with Crippen LogP contribution in [0, 0.1) is 23.2 Å². The molecule has 0 aliphatic heterocycles. The van der Waals surface area contributed by atoms with Crippen LogP contribution in [-0.4, -0.2) is 17.3 Å². The van der Waals surface area contributed by atoms with Crippen molar-refractivity contribution in [3.05, 3.63) is 0 Å². The summed E-state index contributed by atoms with van der Waals surface area (Å²) in [5.41, 5.74) is 0.385. The molecule has 4 fully saturated rings. The van der Waals surface area contributed by atoms with E-state index in [-0.39, 0.29) is 5.91 Å². The van der Waals surface area contributed by atoms with Gasteiger partial charge in [0.15, 0.2) is 0 Å². The van der Waals surface area contributed by atoms with Crippen molar-refractivity contribution in [3.63, 3.8) is 0 Å². The molecule has 4 saturated carbocycles. The minimum atomic E-state index is -0.415. The fourth-order valence-corrected chi connectivity index (χ4v) is 5.25. The molecule has 0 radical (unpaired) electrons. The maximum absolute atomic E-state index is 11.8. The fraction of sp³-hybridized carbons (Fsp3) is 0.933. The largest absolute Gasteiger partial charge is 0.352 e. The summed E-state index contributed by atoms with van der Waals surface area (Å²) in [6, 6.07) is 0.291. The number of carbonyl (C=O) groups excluding carboxylic acids is 1. The number of nitrogens with one attached hydrogen (secondary N) is 1. The molecule has 0 aromatic rings. The molecule has 0 heterocycles. The van der Waals surface area contributed by atoms with Gasteiger partial charge in [-0.05, 0) is 75.5 Å². The molecule has 102 valence electrons. The number of rotatable bonds is 3. The lowest BCUT2D eigenvalue weighted by molar-refractivity contribution is -0.125. The predicted octanol–water partition coefficient (Wildman–Crippen LogP) is 3.33. The van der Waals surface area contributed by atoms with E-state index < -0.39 is 5.38 Å². The van der Waals surface area contributed by atoms with Gasteiger partial charge in [-0.3, -0.25) is 4.79 Å². The Morgan fingerprint density at radius 2 is 1.56 bits per heavy atom. The van der Waals surface area contributed by atoms with Gasteiger partial charge in [0.25, 0.3) is 0 Å². The number of hydrogen-bond acceptors (Lipinski definition) is 1. The van der Waals surface area contributed by atoms with Crippen molar-refractivity contribution in [2.75, 3.05) is 0 Å². The van der Waals surface area contributed by atoms with E-state index in [9.17, 15) is 4.79 Å². The Hall–Kier alpha value is -0.240. The van der Waals surface area contributed by atoms with Gasteiger partial charge in [0.05, 0.1) is 0 Å². The summed E-state index contributed by atoms with van der Waals surface area (Å²) in [5, 5.41) is 2.75. The average molecular weight is 270 g/mol. The smallest absolute Gasteiger partial charge is 0.237 e. The zero-order valence-corrected chi connectivity index (χ0v) is 12.2. The number of halogens is 1. The second-order valence-corrected chi connectivity index (χ2v) is 7.78. The number of carbonyl (C=O) groups is 1. The zero-order chi connectivity index (χ0) is 12.9. The summed E-state index contributed by atoms with van der Waals surface area (Å²) in [7, 11) is 0. The summed E-state index contributed by atoms with van der Waals surface area (Å²) in [4.78, 5) is 11.8. The Morgan fingerprint density at radius 3 is 1.94 bits per heavy atom. The summed E-state index contributed by atoms with van der Waals surface area (Å²) >= 11 is 5.87.